The van der Waals surface area contributed by atoms with Gasteiger partial charge in [-0.05, 0) is 18.8 Å². The van der Waals surface area contributed by atoms with Crippen LogP contribution in [0.25, 0.3) is 0 Å². The van der Waals surface area contributed by atoms with E-state index in [4.69, 9.17) is 5.73 Å². The number of nitrogens with zero attached hydrogens (tertiary/aromatic N) is 4. The highest BCUT2D eigenvalue weighted by atomic mass is 32.1. The van der Waals surface area contributed by atoms with Crippen molar-refractivity contribution in [3.05, 3.63) is 23.2 Å². The molecular weight excluding hydrogens is 246 g/mol. The third kappa shape index (κ3) is 3.53. The van der Waals surface area contributed by atoms with E-state index in [1.807, 2.05) is 11.7 Å². The molecule has 0 aliphatic heterocycles. The van der Waals surface area contributed by atoms with Crippen LogP contribution in [0.4, 0.5) is 5.13 Å². The minimum atomic E-state index is 0.609. The molecule has 2 aromatic rings. The molecular formula is C12H19N5S. The number of nitrogens with two attached hydrogens (primary N) is 1. The molecule has 0 atom stereocenters. The second kappa shape index (κ2) is 5.95. The van der Waals surface area contributed by atoms with Crippen LogP contribution in [-0.2, 0) is 19.4 Å². The van der Waals surface area contributed by atoms with Gasteiger partial charge in [0.15, 0.2) is 5.13 Å². The van der Waals surface area contributed by atoms with Crippen LogP contribution < -0.4 is 5.73 Å². The van der Waals surface area contributed by atoms with Crippen molar-refractivity contribution >= 4 is 16.5 Å². The van der Waals surface area contributed by atoms with Crippen LogP contribution in [-0.4, -0.2) is 19.7 Å². The molecule has 6 heteroatoms. The van der Waals surface area contributed by atoms with E-state index in [0.717, 1.165) is 37.3 Å². The van der Waals surface area contributed by atoms with Gasteiger partial charge in [-0.1, -0.05) is 13.8 Å². The molecule has 0 aliphatic rings. The van der Waals surface area contributed by atoms with Crippen LogP contribution in [0.3, 0.4) is 0 Å². The van der Waals surface area contributed by atoms with Gasteiger partial charge in [-0.25, -0.2) is 4.98 Å². The smallest absolute Gasteiger partial charge is 0.180 e. The third-order valence-corrected chi connectivity index (χ3v) is 3.38. The molecule has 18 heavy (non-hydrogen) atoms. The number of rotatable bonds is 6. The largest absolute Gasteiger partial charge is 0.375 e. The first-order valence-corrected chi connectivity index (χ1v) is 7.09. The van der Waals surface area contributed by atoms with Crippen LogP contribution in [0, 0.1) is 5.92 Å². The first-order valence-electron chi connectivity index (χ1n) is 6.21. The molecule has 0 aromatic carbocycles. The van der Waals surface area contributed by atoms with Gasteiger partial charge in [0, 0.05) is 18.3 Å². The summed E-state index contributed by atoms with van der Waals surface area (Å²) in [6, 6.07) is 0. The number of aromatic nitrogens is 4. The van der Waals surface area contributed by atoms with Crippen LogP contribution in [0.5, 0.6) is 0 Å². The van der Waals surface area contributed by atoms with Crippen molar-refractivity contribution < 1.29 is 0 Å². The molecule has 0 unspecified atom stereocenters. The van der Waals surface area contributed by atoms with E-state index < -0.39 is 0 Å². The van der Waals surface area contributed by atoms with Crippen LogP contribution in [0.2, 0.25) is 0 Å². The normalized spacial score (nSPS) is 11.3. The first-order chi connectivity index (χ1) is 8.65. The molecule has 0 amide bonds. The monoisotopic (exact) mass is 265 g/mol. The van der Waals surface area contributed by atoms with Crippen molar-refractivity contribution in [1.82, 2.24) is 19.7 Å². The molecule has 0 saturated carbocycles. The lowest BCUT2D eigenvalue weighted by Gasteiger charge is -2.08. The molecule has 0 bridgehead atoms. The van der Waals surface area contributed by atoms with Crippen LogP contribution >= 0.6 is 11.3 Å². The summed E-state index contributed by atoms with van der Waals surface area (Å²) in [5, 5.41) is 10.8. The summed E-state index contributed by atoms with van der Waals surface area (Å²) in [6.45, 7) is 5.37. The standard InChI is InChI=1S/C12H19N5S/c1-9(2)6-17-8-14-16-11(17)5-3-4-10-7-18-12(13)15-10/h7-9H,3-6H2,1-2H3,(H2,13,15). The van der Waals surface area contributed by atoms with Crippen molar-refractivity contribution in [2.75, 3.05) is 5.73 Å². The predicted octanol–water partition coefficient (Wildman–Crippen LogP) is 2.15. The Morgan fingerprint density at radius 1 is 1.39 bits per heavy atom. The summed E-state index contributed by atoms with van der Waals surface area (Å²) in [5.74, 6) is 1.67. The summed E-state index contributed by atoms with van der Waals surface area (Å²) in [5.41, 5.74) is 6.68. The Balaban J connectivity index is 1.84. The second-order valence-corrected chi connectivity index (χ2v) is 5.71. The van der Waals surface area contributed by atoms with E-state index in [1.54, 1.807) is 0 Å². The summed E-state index contributed by atoms with van der Waals surface area (Å²) in [6.07, 6.45) is 4.72. The zero-order valence-electron chi connectivity index (χ0n) is 10.8. The molecule has 0 fully saturated rings. The fourth-order valence-corrected chi connectivity index (χ4v) is 2.48. The Labute approximate surface area is 111 Å². The highest BCUT2D eigenvalue weighted by Crippen LogP contribution is 2.13. The maximum absolute atomic E-state index is 5.60. The lowest BCUT2D eigenvalue weighted by atomic mass is 10.2. The second-order valence-electron chi connectivity index (χ2n) is 4.82. The van der Waals surface area contributed by atoms with E-state index in [9.17, 15) is 0 Å². The average molecular weight is 265 g/mol. The van der Waals surface area contributed by atoms with Gasteiger partial charge < -0.3 is 10.3 Å². The summed E-state index contributed by atoms with van der Waals surface area (Å²) in [7, 11) is 0. The maximum atomic E-state index is 5.60. The average Bonchev–Trinajstić information content (AvgIpc) is 2.88. The number of thiazole rings is 1. The fraction of sp³-hybridized carbons (Fsp3) is 0.583. The van der Waals surface area contributed by atoms with Gasteiger partial charge in [0.05, 0.1) is 5.69 Å². The van der Waals surface area contributed by atoms with E-state index in [0.29, 0.717) is 11.0 Å². The van der Waals surface area contributed by atoms with Crippen LogP contribution in [0.1, 0.15) is 31.8 Å². The molecule has 2 rings (SSSR count). The number of anilines is 1. The highest BCUT2D eigenvalue weighted by Gasteiger charge is 2.06. The topological polar surface area (TPSA) is 69.6 Å². The first kappa shape index (κ1) is 13.0. The van der Waals surface area contributed by atoms with Gasteiger partial charge in [-0.2, -0.15) is 0 Å². The van der Waals surface area contributed by atoms with Gasteiger partial charge in [0.2, 0.25) is 0 Å². The molecule has 98 valence electrons. The quantitative estimate of drug-likeness (QED) is 0.869. The Bertz CT molecular complexity index is 488. The van der Waals surface area contributed by atoms with E-state index in [1.165, 1.54) is 11.3 Å². The lowest BCUT2D eigenvalue weighted by molar-refractivity contribution is 0.503. The van der Waals surface area contributed by atoms with E-state index >= 15 is 0 Å². The number of hydrogen-bond donors (Lipinski definition) is 1. The molecule has 0 radical (unpaired) electrons. The van der Waals surface area contributed by atoms with Gasteiger partial charge in [0.25, 0.3) is 0 Å². The van der Waals surface area contributed by atoms with Gasteiger partial charge in [-0.3, -0.25) is 0 Å². The molecule has 0 saturated heterocycles. The number of nitrogen functional groups attached to an aromatic ring is 1. The zero-order valence-corrected chi connectivity index (χ0v) is 11.7. The molecule has 2 N–H and O–H groups in total. The van der Waals surface area contributed by atoms with Crippen molar-refractivity contribution in [2.24, 2.45) is 5.92 Å². The Morgan fingerprint density at radius 3 is 2.89 bits per heavy atom. The lowest BCUT2D eigenvalue weighted by Crippen LogP contribution is -2.08. The van der Waals surface area contributed by atoms with Gasteiger partial charge in [-0.15, -0.1) is 21.5 Å². The maximum Gasteiger partial charge on any atom is 0.180 e. The fourth-order valence-electron chi connectivity index (χ4n) is 1.88. The minimum Gasteiger partial charge on any atom is -0.375 e. The Hall–Kier alpha value is -1.43. The minimum absolute atomic E-state index is 0.609. The molecule has 0 aliphatic carbocycles. The van der Waals surface area contributed by atoms with E-state index in [2.05, 4.69) is 33.6 Å². The Kier molecular flexibility index (Phi) is 4.30. The molecule has 2 aromatic heterocycles. The molecule has 0 spiro atoms. The van der Waals surface area contributed by atoms with Gasteiger partial charge in [0.1, 0.15) is 12.2 Å². The SMILES string of the molecule is CC(C)Cn1cnnc1CCCc1csc(N)n1. The third-order valence-electron chi connectivity index (χ3n) is 2.66. The van der Waals surface area contributed by atoms with Gasteiger partial charge >= 0.3 is 0 Å². The van der Waals surface area contributed by atoms with Crippen molar-refractivity contribution in [2.45, 2.75) is 39.7 Å². The molecule has 2 heterocycles. The number of hydrogen-bond acceptors (Lipinski definition) is 5. The Morgan fingerprint density at radius 2 is 2.22 bits per heavy atom. The number of aryl methyl sites for hydroxylation is 2. The molecule has 5 nitrogen and oxygen atoms in total. The predicted molar refractivity (Wildman–Crippen MR) is 73.4 cm³/mol. The highest BCUT2D eigenvalue weighted by molar-refractivity contribution is 7.13. The zero-order chi connectivity index (χ0) is 13.0. The van der Waals surface area contributed by atoms with Crippen molar-refractivity contribution in [3.63, 3.8) is 0 Å². The van der Waals surface area contributed by atoms with E-state index in [-0.39, 0.29) is 0 Å². The summed E-state index contributed by atoms with van der Waals surface area (Å²) < 4.78 is 2.14. The summed E-state index contributed by atoms with van der Waals surface area (Å²) in [4.78, 5) is 4.25. The van der Waals surface area contributed by atoms with Crippen molar-refractivity contribution in [3.8, 4) is 0 Å². The summed E-state index contributed by atoms with van der Waals surface area (Å²) >= 11 is 1.50. The van der Waals surface area contributed by atoms with Crippen LogP contribution in [0.15, 0.2) is 11.7 Å². The van der Waals surface area contributed by atoms with Crippen molar-refractivity contribution in [1.29, 1.82) is 0 Å².